The first-order chi connectivity index (χ1) is 23.3. The van der Waals surface area contributed by atoms with Gasteiger partial charge in [0.15, 0.2) is 12.1 Å². The minimum absolute atomic E-state index is 0. The zero-order valence-electron chi connectivity index (χ0n) is 27.6. The van der Waals surface area contributed by atoms with Gasteiger partial charge in [0.25, 0.3) is 5.91 Å². The SMILES string of the molecule is COc1ccc(C(=O)NN=C(C)[C@]2(O)Cc3c(O)c4c(c(O)c3[C@@H](OC3CC(N)C(O)C(C)O3)C2)C(=O)c2c(OC)cccc2C4=O)cc1.Cl. The molecule has 1 saturated heterocycles. The van der Waals surface area contributed by atoms with E-state index in [9.17, 15) is 34.8 Å². The van der Waals surface area contributed by atoms with Crippen molar-refractivity contribution in [2.24, 2.45) is 10.8 Å². The minimum atomic E-state index is -1.91. The molecule has 1 aliphatic heterocycles. The van der Waals surface area contributed by atoms with E-state index in [-0.39, 0.29) is 70.9 Å². The maximum atomic E-state index is 13.9. The molecular weight excluding hydrogens is 674 g/mol. The molecule has 50 heavy (non-hydrogen) atoms. The number of amides is 1. The first-order valence-electron chi connectivity index (χ1n) is 15.6. The molecule has 266 valence electrons. The van der Waals surface area contributed by atoms with Crippen LogP contribution >= 0.6 is 12.4 Å². The molecule has 2 aliphatic carbocycles. The summed E-state index contributed by atoms with van der Waals surface area (Å²) < 4.78 is 22.6. The molecule has 0 aromatic heterocycles. The number of aromatic hydroxyl groups is 2. The molecule has 1 fully saturated rings. The second-order valence-corrected chi connectivity index (χ2v) is 12.4. The summed E-state index contributed by atoms with van der Waals surface area (Å²) in [5, 5.41) is 50.1. The highest BCUT2D eigenvalue weighted by Gasteiger charge is 2.49. The third-order valence-electron chi connectivity index (χ3n) is 9.49. The zero-order valence-corrected chi connectivity index (χ0v) is 28.4. The predicted molar refractivity (Wildman–Crippen MR) is 180 cm³/mol. The van der Waals surface area contributed by atoms with Crippen molar-refractivity contribution in [2.75, 3.05) is 14.2 Å². The van der Waals surface area contributed by atoms with Crippen LogP contribution in [0.4, 0.5) is 0 Å². The largest absolute Gasteiger partial charge is 0.507 e. The van der Waals surface area contributed by atoms with Gasteiger partial charge in [-0.25, -0.2) is 5.43 Å². The lowest BCUT2D eigenvalue weighted by atomic mass is 9.71. The Morgan fingerprint density at radius 1 is 1.02 bits per heavy atom. The molecular formula is C35H38ClN3O11. The molecule has 15 heteroatoms. The molecule has 3 aromatic rings. The first kappa shape index (κ1) is 36.7. The Bertz CT molecular complexity index is 1870. The van der Waals surface area contributed by atoms with Gasteiger partial charge >= 0.3 is 0 Å². The van der Waals surface area contributed by atoms with E-state index in [0.29, 0.717) is 5.75 Å². The zero-order chi connectivity index (χ0) is 35.4. The summed E-state index contributed by atoms with van der Waals surface area (Å²) in [4.78, 5) is 40.6. The number of ether oxygens (including phenoxy) is 4. The number of hydrogen-bond acceptors (Lipinski definition) is 13. The molecule has 6 atom stereocenters. The highest BCUT2D eigenvalue weighted by molar-refractivity contribution is 6.31. The van der Waals surface area contributed by atoms with Gasteiger partial charge in [-0.1, -0.05) is 12.1 Å². The molecule has 1 amide bonds. The van der Waals surface area contributed by atoms with E-state index in [1.54, 1.807) is 19.1 Å². The number of methoxy groups -OCH3 is 2. The molecule has 14 nitrogen and oxygen atoms in total. The fourth-order valence-electron chi connectivity index (χ4n) is 6.71. The number of aliphatic hydroxyl groups is 2. The van der Waals surface area contributed by atoms with E-state index in [0.717, 1.165) is 0 Å². The summed E-state index contributed by atoms with van der Waals surface area (Å²) in [5.41, 5.74) is 5.89. The van der Waals surface area contributed by atoms with Crippen LogP contribution in [0, 0.1) is 0 Å². The lowest BCUT2D eigenvalue weighted by Crippen LogP contribution is -2.52. The van der Waals surface area contributed by atoms with E-state index < -0.39 is 76.3 Å². The van der Waals surface area contributed by atoms with Crippen molar-refractivity contribution in [3.8, 4) is 23.0 Å². The van der Waals surface area contributed by atoms with Crippen molar-refractivity contribution in [2.45, 2.75) is 69.4 Å². The van der Waals surface area contributed by atoms with Gasteiger partial charge in [0.1, 0.15) is 28.6 Å². The van der Waals surface area contributed by atoms with Crippen LogP contribution < -0.4 is 20.6 Å². The Hall–Kier alpha value is -4.57. The minimum Gasteiger partial charge on any atom is -0.507 e. The normalized spacial score (nSPS) is 25.8. The maximum Gasteiger partial charge on any atom is 0.271 e. The second kappa shape index (κ2) is 14.0. The molecule has 0 bridgehead atoms. The van der Waals surface area contributed by atoms with Crippen LogP contribution in [0.5, 0.6) is 23.0 Å². The summed E-state index contributed by atoms with van der Waals surface area (Å²) >= 11 is 0. The lowest BCUT2D eigenvalue weighted by Gasteiger charge is -2.42. The van der Waals surface area contributed by atoms with Crippen molar-refractivity contribution < 1.29 is 53.8 Å². The van der Waals surface area contributed by atoms with Crippen LogP contribution in [0.1, 0.15) is 86.1 Å². The summed E-state index contributed by atoms with van der Waals surface area (Å²) in [6, 6.07) is 10.0. The summed E-state index contributed by atoms with van der Waals surface area (Å²) in [6.45, 7) is 3.08. The quantitative estimate of drug-likeness (QED) is 0.0926. The van der Waals surface area contributed by atoms with Gasteiger partial charge in [-0.2, -0.15) is 5.10 Å². The van der Waals surface area contributed by atoms with Gasteiger partial charge in [-0.05, 0) is 44.2 Å². The van der Waals surface area contributed by atoms with Gasteiger partial charge in [0.2, 0.25) is 5.78 Å². The number of carbonyl (C=O) groups is 3. The molecule has 0 saturated carbocycles. The van der Waals surface area contributed by atoms with Crippen molar-refractivity contribution >= 4 is 35.6 Å². The molecule has 0 spiro atoms. The Labute approximate surface area is 293 Å². The van der Waals surface area contributed by atoms with Crippen molar-refractivity contribution in [3.05, 3.63) is 81.4 Å². The van der Waals surface area contributed by atoms with E-state index in [2.05, 4.69) is 10.5 Å². The standard InChI is InChI=1S/C35H37N3O11.ClH/c1-15-29(39)21(36)12-24(48-15)49-23-14-35(45,16(2)37-38-34(44)17-8-10-18(46-3)11-9-17)13-20-26(23)33(43)28-27(31(20)41)30(40)19-6-5-7-22(47-4)25(19)32(28)42;/h5-11,15,21,23-24,29,39,41,43,45H,12-14,36H2,1-4H3,(H,38,44);1H/t15?,21?,23-,24?,29?,35-;/m0./s1. The number of hydrogen-bond donors (Lipinski definition) is 6. The van der Waals surface area contributed by atoms with Crippen molar-refractivity contribution in [3.63, 3.8) is 0 Å². The number of fused-ring (bicyclic) bond motifs is 3. The summed E-state index contributed by atoms with van der Waals surface area (Å²) in [7, 11) is 2.84. The first-order valence-corrected chi connectivity index (χ1v) is 15.6. The van der Waals surface area contributed by atoms with E-state index >= 15 is 0 Å². The molecule has 4 unspecified atom stereocenters. The Morgan fingerprint density at radius 3 is 2.34 bits per heavy atom. The Morgan fingerprint density at radius 2 is 1.70 bits per heavy atom. The van der Waals surface area contributed by atoms with Crippen LogP contribution in [0.3, 0.4) is 0 Å². The van der Waals surface area contributed by atoms with Crippen LogP contribution in [0.25, 0.3) is 0 Å². The smallest absolute Gasteiger partial charge is 0.271 e. The van der Waals surface area contributed by atoms with Gasteiger partial charge in [-0.15, -0.1) is 12.4 Å². The van der Waals surface area contributed by atoms with E-state index in [1.165, 1.54) is 51.5 Å². The number of nitrogens with zero attached hydrogens (tertiary/aromatic N) is 1. The average molecular weight is 712 g/mol. The number of benzene rings is 3. The van der Waals surface area contributed by atoms with Crippen LogP contribution in [0.15, 0.2) is 47.6 Å². The fourth-order valence-corrected chi connectivity index (χ4v) is 6.71. The van der Waals surface area contributed by atoms with Crippen molar-refractivity contribution in [1.82, 2.24) is 5.43 Å². The third-order valence-corrected chi connectivity index (χ3v) is 9.49. The monoisotopic (exact) mass is 711 g/mol. The molecule has 6 rings (SSSR count). The van der Waals surface area contributed by atoms with Crippen LogP contribution in [0.2, 0.25) is 0 Å². The average Bonchev–Trinajstić information content (AvgIpc) is 3.09. The highest BCUT2D eigenvalue weighted by atomic mass is 35.5. The van der Waals surface area contributed by atoms with E-state index in [4.69, 9.17) is 24.7 Å². The number of nitrogens with one attached hydrogen (secondary N) is 1. The molecule has 7 N–H and O–H groups in total. The summed E-state index contributed by atoms with van der Waals surface area (Å²) in [6.07, 6.45) is -4.60. The maximum absolute atomic E-state index is 13.9. The molecule has 1 heterocycles. The number of phenols is 2. The molecule has 0 radical (unpaired) electrons. The fraction of sp³-hybridized carbons (Fsp3) is 0.371. The molecule has 3 aliphatic rings. The summed E-state index contributed by atoms with van der Waals surface area (Å²) in [5.74, 6) is -2.62. The van der Waals surface area contributed by atoms with Crippen molar-refractivity contribution in [1.29, 1.82) is 0 Å². The number of rotatable bonds is 7. The number of nitrogens with two attached hydrogens (primary N) is 1. The Balaban J connectivity index is 0.00000486. The van der Waals surface area contributed by atoms with Crippen LogP contribution in [-0.2, 0) is 15.9 Å². The number of halogens is 1. The lowest BCUT2D eigenvalue weighted by molar-refractivity contribution is -0.245. The third kappa shape index (κ3) is 6.19. The van der Waals surface area contributed by atoms with Gasteiger partial charge in [0.05, 0.1) is 54.9 Å². The highest BCUT2D eigenvalue weighted by Crippen LogP contribution is 2.52. The number of ketones is 2. The predicted octanol–water partition coefficient (Wildman–Crippen LogP) is 2.68. The second-order valence-electron chi connectivity index (χ2n) is 12.4. The van der Waals surface area contributed by atoms with Crippen LogP contribution in [-0.4, -0.2) is 88.0 Å². The Kier molecular flexibility index (Phi) is 10.3. The number of carbonyl (C=O) groups excluding carboxylic acids is 3. The van der Waals surface area contributed by atoms with Gasteiger partial charge < -0.3 is 45.1 Å². The van der Waals surface area contributed by atoms with Gasteiger partial charge in [-0.3, -0.25) is 14.4 Å². The number of aliphatic hydroxyl groups excluding tert-OH is 1. The van der Waals surface area contributed by atoms with E-state index in [1.807, 2.05) is 0 Å². The topological polar surface area (TPSA) is 219 Å². The number of hydrazone groups is 1. The number of phenolic OH excluding ortho intramolecular Hbond substituents is 2. The van der Waals surface area contributed by atoms with Gasteiger partial charge in [0, 0.05) is 47.6 Å². The molecule has 3 aromatic carbocycles.